The second kappa shape index (κ2) is 9.46. The number of hydrogen-bond donors (Lipinski definition) is 5. The van der Waals surface area contributed by atoms with Gasteiger partial charge in [0.05, 0.1) is 17.1 Å². The lowest BCUT2D eigenvalue weighted by Gasteiger charge is -2.20. The predicted molar refractivity (Wildman–Crippen MR) is 117 cm³/mol. The SMILES string of the molecule is OCCN(CCNc1nc2nccc(/C(=N/O)Nc3ccc(F)c(Cl)c3)c2[nH]1)C1CC1. The molecule has 0 radical (unpaired) electrons. The largest absolute Gasteiger partial charge is 0.409 e. The van der Waals surface area contributed by atoms with E-state index in [0.717, 1.165) is 6.54 Å². The molecule has 4 rings (SSSR count). The third-order valence-corrected chi connectivity index (χ3v) is 5.36. The van der Waals surface area contributed by atoms with Gasteiger partial charge in [0.1, 0.15) is 5.82 Å². The van der Waals surface area contributed by atoms with E-state index in [-0.39, 0.29) is 17.5 Å². The van der Waals surface area contributed by atoms with Gasteiger partial charge in [0.25, 0.3) is 0 Å². The number of aliphatic hydroxyl groups excluding tert-OH is 1. The maximum absolute atomic E-state index is 13.4. The van der Waals surface area contributed by atoms with Crippen LogP contribution >= 0.6 is 11.6 Å². The van der Waals surface area contributed by atoms with Gasteiger partial charge >= 0.3 is 0 Å². The minimum absolute atomic E-state index is 0.0448. The molecule has 1 aromatic carbocycles. The van der Waals surface area contributed by atoms with Crippen molar-refractivity contribution in [2.75, 3.05) is 36.9 Å². The number of anilines is 2. The zero-order valence-corrected chi connectivity index (χ0v) is 17.4. The van der Waals surface area contributed by atoms with E-state index in [1.165, 1.54) is 31.0 Å². The summed E-state index contributed by atoms with van der Waals surface area (Å²) >= 11 is 5.83. The van der Waals surface area contributed by atoms with Crippen LogP contribution < -0.4 is 10.6 Å². The van der Waals surface area contributed by atoms with Crippen molar-refractivity contribution in [3.8, 4) is 0 Å². The van der Waals surface area contributed by atoms with Crippen LogP contribution in [0.4, 0.5) is 16.0 Å². The molecule has 1 saturated carbocycles. The van der Waals surface area contributed by atoms with E-state index >= 15 is 0 Å². The lowest BCUT2D eigenvalue weighted by Crippen LogP contribution is -2.33. The Bertz CT molecular complexity index is 1090. The van der Waals surface area contributed by atoms with E-state index in [1.807, 2.05) is 0 Å². The van der Waals surface area contributed by atoms with E-state index in [9.17, 15) is 14.7 Å². The van der Waals surface area contributed by atoms with Crippen LogP contribution in [0.3, 0.4) is 0 Å². The molecular formula is C20H23ClFN7O2. The number of rotatable bonds is 9. The molecule has 3 aromatic rings. The highest BCUT2D eigenvalue weighted by Gasteiger charge is 2.28. The Kier molecular flexibility index (Phi) is 6.50. The maximum atomic E-state index is 13.4. The third-order valence-electron chi connectivity index (χ3n) is 5.07. The van der Waals surface area contributed by atoms with Gasteiger partial charge in [0.15, 0.2) is 11.5 Å². The second-order valence-electron chi connectivity index (χ2n) is 7.26. The van der Waals surface area contributed by atoms with Crippen LogP contribution in [0.2, 0.25) is 5.02 Å². The van der Waals surface area contributed by atoms with Crippen LogP contribution in [0.5, 0.6) is 0 Å². The first kappa shape index (κ1) is 21.3. The zero-order valence-electron chi connectivity index (χ0n) is 16.6. The van der Waals surface area contributed by atoms with Gasteiger partial charge in [-0.15, -0.1) is 0 Å². The first-order chi connectivity index (χ1) is 15.1. The standard InChI is InChI=1S/C20H23ClFN7O2/c21-15-11-12(1-4-16(15)22)25-18(28-31)14-5-6-23-19-17(14)26-20(27-19)24-7-8-29(9-10-30)13-2-3-13/h1,4-6,11,13,30-31H,2-3,7-10H2,(H,25,28)(H2,23,24,26,27). The number of aromatic nitrogens is 3. The van der Waals surface area contributed by atoms with Crippen molar-refractivity contribution < 1.29 is 14.7 Å². The molecule has 0 saturated heterocycles. The summed E-state index contributed by atoms with van der Waals surface area (Å²) in [6.07, 6.45) is 3.91. The Hall–Kier alpha value is -2.95. The van der Waals surface area contributed by atoms with Gasteiger partial charge in [-0.05, 0) is 37.1 Å². The number of imidazole rings is 1. The Morgan fingerprint density at radius 2 is 2.16 bits per heavy atom. The highest BCUT2D eigenvalue weighted by molar-refractivity contribution is 6.31. The molecule has 2 aromatic heterocycles. The molecule has 1 fully saturated rings. The van der Waals surface area contributed by atoms with Crippen molar-refractivity contribution in [2.45, 2.75) is 18.9 Å². The molecule has 5 N–H and O–H groups in total. The average molecular weight is 448 g/mol. The lowest BCUT2D eigenvalue weighted by molar-refractivity contribution is 0.194. The summed E-state index contributed by atoms with van der Waals surface area (Å²) in [4.78, 5) is 14.1. The molecule has 0 atom stereocenters. The van der Waals surface area contributed by atoms with E-state index in [0.29, 0.717) is 47.5 Å². The van der Waals surface area contributed by atoms with Crippen molar-refractivity contribution in [3.63, 3.8) is 0 Å². The highest BCUT2D eigenvalue weighted by Crippen LogP contribution is 2.26. The summed E-state index contributed by atoms with van der Waals surface area (Å²) in [5.74, 6) is 0.134. The number of amidine groups is 1. The fraction of sp³-hybridized carbons (Fsp3) is 0.350. The summed E-state index contributed by atoms with van der Waals surface area (Å²) in [6, 6.07) is 6.35. The molecule has 0 aliphatic heterocycles. The maximum Gasteiger partial charge on any atom is 0.202 e. The minimum atomic E-state index is -0.537. The number of nitrogens with zero attached hydrogens (tertiary/aromatic N) is 4. The van der Waals surface area contributed by atoms with Crippen LogP contribution in [0.1, 0.15) is 18.4 Å². The average Bonchev–Trinajstić information content (AvgIpc) is 3.52. The number of pyridine rings is 1. The normalized spacial score (nSPS) is 14.4. The lowest BCUT2D eigenvalue weighted by atomic mass is 10.2. The molecule has 9 nitrogen and oxygen atoms in total. The predicted octanol–water partition coefficient (Wildman–Crippen LogP) is 2.87. The van der Waals surface area contributed by atoms with Gasteiger partial charge < -0.3 is 25.9 Å². The van der Waals surface area contributed by atoms with Crippen LogP contribution in [0.15, 0.2) is 35.6 Å². The van der Waals surface area contributed by atoms with Gasteiger partial charge in [-0.1, -0.05) is 16.8 Å². The fourth-order valence-electron chi connectivity index (χ4n) is 3.41. The van der Waals surface area contributed by atoms with Crippen LogP contribution in [0, 0.1) is 5.82 Å². The van der Waals surface area contributed by atoms with Gasteiger partial charge in [0.2, 0.25) is 5.95 Å². The van der Waals surface area contributed by atoms with Gasteiger partial charge in [-0.2, -0.15) is 4.98 Å². The summed E-state index contributed by atoms with van der Waals surface area (Å²) in [5, 5.41) is 28.2. The molecule has 31 heavy (non-hydrogen) atoms. The summed E-state index contributed by atoms with van der Waals surface area (Å²) in [6.45, 7) is 2.25. The van der Waals surface area contributed by atoms with Crippen LogP contribution in [0.25, 0.3) is 11.2 Å². The third kappa shape index (κ3) is 5.04. The molecule has 2 heterocycles. The first-order valence-corrected chi connectivity index (χ1v) is 10.3. The van der Waals surface area contributed by atoms with Crippen LogP contribution in [-0.2, 0) is 0 Å². The number of nitrogens with one attached hydrogen (secondary N) is 3. The van der Waals surface area contributed by atoms with Crippen molar-refractivity contribution >= 4 is 40.2 Å². The highest BCUT2D eigenvalue weighted by atomic mass is 35.5. The van der Waals surface area contributed by atoms with E-state index in [1.54, 1.807) is 12.3 Å². The Labute approximate surface area is 182 Å². The molecule has 1 aliphatic rings. The Balaban J connectivity index is 1.49. The fourth-order valence-corrected chi connectivity index (χ4v) is 3.59. The van der Waals surface area contributed by atoms with Gasteiger partial charge in [-0.3, -0.25) is 4.90 Å². The number of oxime groups is 1. The van der Waals surface area contributed by atoms with Crippen LogP contribution in [-0.4, -0.2) is 68.3 Å². The zero-order chi connectivity index (χ0) is 21.8. The molecule has 1 aliphatic carbocycles. The number of hydrogen-bond acceptors (Lipinski definition) is 7. The molecule has 0 unspecified atom stereocenters. The number of aromatic amines is 1. The Morgan fingerprint density at radius 1 is 1.32 bits per heavy atom. The van der Waals surface area contributed by atoms with Crippen molar-refractivity contribution in [2.24, 2.45) is 5.16 Å². The second-order valence-corrected chi connectivity index (χ2v) is 7.67. The molecule has 0 amide bonds. The molecule has 0 bridgehead atoms. The summed E-state index contributed by atoms with van der Waals surface area (Å²) in [5.41, 5.74) is 2.03. The Morgan fingerprint density at radius 3 is 2.87 bits per heavy atom. The van der Waals surface area contributed by atoms with Crippen molar-refractivity contribution in [1.29, 1.82) is 0 Å². The van der Waals surface area contributed by atoms with Gasteiger partial charge in [0, 0.05) is 43.1 Å². The first-order valence-electron chi connectivity index (χ1n) is 9.97. The van der Waals surface area contributed by atoms with Gasteiger partial charge in [-0.25, -0.2) is 9.37 Å². The number of aliphatic hydroxyl groups is 1. The molecule has 164 valence electrons. The number of H-pyrrole nitrogens is 1. The van der Waals surface area contributed by atoms with E-state index < -0.39 is 5.82 Å². The van der Waals surface area contributed by atoms with Crippen molar-refractivity contribution in [1.82, 2.24) is 19.9 Å². The minimum Gasteiger partial charge on any atom is -0.409 e. The smallest absolute Gasteiger partial charge is 0.202 e. The van der Waals surface area contributed by atoms with E-state index in [2.05, 4.69) is 35.6 Å². The number of halogens is 2. The summed E-state index contributed by atoms with van der Waals surface area (Å²) < 4.78 is 13.4. The quantitative estimate of drug-likeness (QED) is 0.148. The van der Waals surface area contributed by atoms with Crippen molar-refractivity contribution in [3.05, 3.63) is 46.9 Å². The summed E-state index contributed by atoms with van der Waals surface area (Å²) in [7, 11) is 0. The van der Waals surface area contributed by atoms with E-state index in [4.69, 9.17) is 11.6 Å². The topological polar surface area (TPSA) is 122 Å². The molecule has 0 spiro atoms. The number of fused-ring (bicyclic) bond motifs is 1. The molecule has 11 heteroatoms. The molecular weight excluding hydrogens is 425 g/mol. The number of benzene rings is 1. The monoisotopic (exact) mass is 447 g/mol.